The topological polar surface area (TPSA) is 38.0 Å². The monoisotopic (exact) mass is 282 g/mol. The smallest absolute Gasteiger partial charge is 0.0347 e. The van der Waals surface area contributed by atoms with Gasteiger partial charge in [-0.15, -0.1) is 0 Å². The van der Waals surface area contributed by atoms with E-state index in [2.05, 4.69) is 79.9 Å². The van der Waals surface area contributed by atoms with Gasteiger partial charge in [0.05, 0.1) is 0 Å². The summed E-state index contributed by atoms with van der Waals surface area (Å²) in [4.78, 5) is 0. The first-order chi connectivity index (χ1) is 10.3. The molecule has 2 nitrogen and oxygen atoms in total. The zero-order valence-electron chi connectivity index (χ0n) is 13.0. The highest BCUT2D eigenvalue weighted by Crippen LogP contribution is 2.36. The van der Waals surface area contributed by atoms with Gasteiger partial charge in [0.15, 0.2) is 0 Å². The minimum Gasteiger partial charge on any atom is -0.271 e. The lowest BCUT2D eigenvalue weighted by molar-refractivity contribution is 0.270. The molecule has 21 heavy (non-hydrogen) atoms. The highest BCUT2D eigenvalue weighted by molar-refractivity contribution is 5.29. The van der Waals surface area contributed by atoms with Gasteiger partial charge in [0.1, 0.15) is 0 Å². The van der Waals surface area contributed by atoms with Gasteiger partial charge in [0.2, 0.25) is 0 Å². The molecular formula is C19H26N2. The fourth-order valence-electron chi connectivity index (χ4n) is 3.39. The number of nitrogens with two attached hydrogens (primary N) is 1. The van der Waals surface area contributed by atoms with Crippen LogP contribution in [0.4, 0.5) is 0 Å². The summed E-state index contributed by atoms with van der Waals surface area (Å²) in [6.07, 6.45) is 3.07. The highest BCUT2D eigenvalue weighted by atomic mass is 15.2. The van der Waals surface area contributed by atoms with Gasteiger partial charge in [0, 0.05) is 11.5 Å². The van der Waals surface area contributed by atoms with Gasteiger partial charge in [-0.25, -0.2) is 0 Å². The third kappa shape index (κ3) is 3.34. The van der Waals surface area contributed by atoms with Crippen LogP contribution < -0.4 is 11.3 Å². The number of hydrazine groups is 1. The molecule has 0 fully saturated rings. The molecule has 0 heterocycles. The van der Waals surface area contributed by atoms with Crippen molar-refractivity contribution in [3.05, 3.63) is 71.8 Å². The number of nitrogens with one attached hydrogen (secondary N) is 1. The van der Waals surface area contributed by atoms with E-state index in [1.54, 1.807) is 0 Å². The summed E-state index contributed by atoms with van der Waals surface area (Å²) in [5.74, 6) is 5.95. The second kappa shape index (κ2) is 7.39. The van der Waals surface area contributed by atoms with Crippen molar-refractivity contribution in [2.24, 2.45) is 5.84 Å². The van der Waals surface area contributed by atoms with Crippen LogP contribution in [0.5, 0.6) is 0 Å². The summed E-state index contributed by atoms with van der Waals surface area (Å²) in [5.41, 5.74) is 5.84. The van der Waals surface area contributed by atoms with E-state index in [0.29, 0.717) is 0 Å². The van der Waals surface area contributed by atoms with Crippen molar-refractivity contribution < 1.29 is 0 Å². The first-order valence-electron chi connectivity index (χ1n) is 7.82. The summed E-state index contributed by atoms with van der Waals surface area (Å²) >= 11 is 0. The van der Waals surface area contributed by atoms with E-state index in [1.165, 1.54) is 11.1 Å². The van der Waals surface area contributed by atoms with Crippen LogP contribution in [0.3, 0.4) is 0 Å². The number of benzene rings is 2. The van der Waals surface area contributed by atoms with Crippen LogP contribution in [0, 0.1) is 0 Å². The maximum atomic E-state index is 5.95. The average Bonchev–Trinajstić information content (AvgIpc) is 2.57. The molecule has 112 valence electrons. The normalized spacial score (nSPS) is 13.1. The van der Waals surface area contributed by atoms with Crippen LogP contribution in [0.15, 0.2) is 60.7 Å². The third-order valence-corrected chi connectivity index (χ3v) is 4.76. The molecule has 1 unspecified atom stereocenters. The van der Waals surface area contributed by atoms with Crippen molar-refractivity contribution in [3.63, 3.8) is 0 Å². The Labute approximate surface area is 128 Å². The molecule has 2 rings (SSSR count). The lowest BCUT2D eigenvalue weighted by Gasteiger charge is -2.40. The fourth-order valence-corrected chi connectivity index (χ4v) is 3.39. The molecule has 0 saturated heterocycles. The first-order valence-corrected chi connectivity index (χ1v) is 7.82. The molecule has 0 aliphatic heterocycles. The Bertz CT molecular complexity index is 518. The minimum atomic E-state index is 0.0614. The van der Waals surface area contributed by atoms with Gasteiger partial charge in [-0.1, -0.05) is 74.5 Å². The van der Waals surface area contributed by atoms with E-state index in [4.69, 9.17) is 5.84 Å². The van der Waals surface area contributed by atoms with Crippen LogP contribution >= 0.6 is 0 Å². The third-order valence-electron chi connectivity index (χ3n) is 4.76. The van der Waals surface area contributed by atoms with Crippen molar-refractivity contribution in [1.82, 2.24) is 5.43 Å². The molecule has 0 radical (unpaired) electrons. The molecule has 1 atom stereocenters. The second-order valence-corrected chi connectivity index (χ2v) is 5.64. The van der Waals surface area contributed by atoms with Crippen LogP contribution in [-0.2, 0) is 11.8 Å². The van der Waals surface area contributed by atoms with E-state index in [1.807, 2.05) is 0 Å². The lowest BCUT2D eigenvalue weighted by Crippen LogP contribution is -2.52. The highest BCUT2D eigenvalue weighted by Gasteiger charge is 2.36. The summed E-state index contributed by atoms with van der Waals surface area (Å²) in [6.45, 7) is 4.51. The Morgan fingerprint density at radius 2 is 1.43 bits per heavy atom. The molecule has 0 bridgehead atoms. The molecule has 3 N–H and O–H groups in total. The van der Waals surface area contributed by atoms with E-state index in [-0.39, 0.29) is 11.5 Å². The molecule has 0 saturated carbocycles. The van der Waals surface area contributed by atoms with Gasteiger partial charge >= 0.3 is 0 Å². The van der Waals surface area contributed by atoms with Crippen molar-refractivity contribution in [3.8, 4) is 0 Å². The van der Waals surface area contributed by atoms with Crippen molar-refractivity contribution in [1.29, 1.82) is 0 Å². The minimum absolute atomic E-state index is 0.0614. The standard InChI is InChI=1S/C19H26N2/c1-3-19(4-2,17-13-9-6-10-14-17)18(21-20)15-16-11-7-5-8-12-16/h5-14,18,21H,3-4,15,20H2,1-2H3. The van der Waals surface area contributed by atoms with Gasteiger partial charge in [-0.05, 0) is 30.4 Å². The van der Waals surface area contributed by atoms with E-state index in [9.17, 15) is 0 Å². The summed E-state index contributed by atoms with van der Waals surface area (Å²) in [5, 5.41) is 0. The van der Waals surface area contributed by atoms with Crippen molar-refractivity contribution in [2.75, 3.05) is 0 Å². The molecular weight excluding hydrogens is 256 g/mol. The predicted octanol–water partition coefficient (Wildman–Crippen LogP) is 3.82. The molecule has 2 aromatic rings. The first kappa shape index (κ1) is 15.7. The maximum absolute atomic E-state index is 5.95. The molecule has 0 aliphatic carbocycles. The van der Waals surface area contributed by atoms with Gasteiger partial charge in [0.25, 0.3) is 0 Å². The summed E-state index contributed by atoms with van der Waals surface area (Å²) < 4.78 is 0. The second-order valence-electron chi connectivity index (χ2n) is 5.64. The van der Waals surface area contributed by atoms with Crippen LogP contribution in [0.1, 0.15) is 37.8 Å². The van der Waals surface area contributed by atoms with E-state index in [0.717, 1.165) is 19.3 Å². The number of hydrogen-bond acceptors (Lipinski definition) is 2. The Kier molecular flexibility index (Phi) is 5.54. The lowest BCUT2D eigenvalue weighted by atomic mass is 9.68. The van der Waals surface area contributed by atoms with E-state index >= 15 is 0 Å². The molecule has 2 heteroatoms. The molecule has 0 amide bonds. The zero-order chi connectivity index (χ0) is 15.1. The Hall–Kier alpha value is -1.64. The molecule has 2 aromatic carbocycles. The molecule has 0 aromatic heterocycles. The van der Waals surface area contributed by atoms with Crippen molar-refractivity contribution in [2.45, 2.75) is 44.6 Å². The number of rotatable bonds is 7. The Morgan fingerprint density at radius 1 is 0.905 bits per heavy atom. The molecule has 0 aliphatic rings. The Balaban J connectivity index is 2.35. The SMILES string of the molecule is CCC(CC)(c1ccccc1)C(Cc1ccccc1)NN. The maximum Gasteiger partial charge on any atom is 0.0347 e. The quantitative estimate of drug-likeness (QED) is 0.598. The van der Waals surface area contributed by atoms with Gasteiger partial charge in [-0.2, -0.15) is 0 Å². The summed E-state index contributed by atoms with van der Waals surface area (Å²) in [6, 6.07) is 21.5. The predicted molar refractivity (Wildman–Crippen MR) is 90.0 cm³/mol. The van der Waals surface area contributed by atoms with Crippen LogP contribution in [0.25, 0.3) is 0 Å². The average molecular weight is 282 g/mol. The number of hydrogen-bond donors (Lipinski definition) is 2. The van der Waals surface area contributed by atoms with Crippen molar-refractivity contribution >= 4 is 0 Å². The van der Waals surface area contributed by atoms with E-state index < -0.39 is 0 Å². The fraction of sp³-hybridized carbons (Fsp3) is 0.368. The van der Waals surface area contributed by atoms with Crippen LogP contribution in [0.2, 0.25) is 0 Å². The van der Waals surface area contributed by atoms with Gasteiger partial charge < -0.3 is 0 Å². The largest absolute Gasteiger partial charge is 0.271 e. The zero-order valence-corrected chi connectivity index (χ0v) is 13.0. The molecule has 0 spiro atoms. The summed E-state index contributed by atoms with van der Waals surface area (Å²) in [7, 11) is 0. The van der Waals surface area contributed by atoms with Crippen LogP contribution in [-0.4, -0.2) is 6.04 Å². The van der Waals surface area contributed by atoms with Gasteiger partial charge in [-0.3, -0.25) is 11.3 Å². The Morgan fingerprint density at radius 3 is 1.90 bits per heavy atom.